The number of hydrogen-bond acceptors (Lipinski definition) is 8. The summed E-state index contributed by atoms with van der Waals surface area (Å²) in [5, 5.41) is 0. The van der Waals surface area contributed by atoms with Crippen molar-refractivity contribution in [2.24, 2.45) is 0 Å². The number of unbranched alkanes of at least 4 members (excludes halogenated alkanes) is 1. The van der Waals surface area contributed by atoms with E-state index in [-0.39, 0.29) is 11.6 Å². The van der Waals surface area contributed by atoms with Gasteiger partial charge in [-0.25, -0.2) is 19.9 Å². The lowest BCUT2D eigenvalue weighted by Crippen LogP contribution is -2.10. The van der Waals surface area contributed by atoms with Crippen LogP contribution >= 0.6 is 0 Å². The Kier molecular flexibility index (Phi) is 6.95. The second-order valence-corrected chi connectivity index (χ2v) is 8.92. The topological polar surface area (TPSA) is 113 Å². The molecule has 0 bridgehead atoms. The molecule has 0 aliphatic carbocycles. The monoisotopic (exact) mass is 532 g/mol. The number of fused-ring (bicyclic) bond motifs is 2. The minimum Gasteiger partial charge on any atom is -0.493 e. The maximum absolute atomic E-state index is 13.3. The van der Waals surface area contributed by atoms with Crippen molar-refractivity contribution >= 4 is 23.1 Å². The fraction of sp³-hybridized carbons (Fsp3) is 0.133. The van der Waals surface area contributed by atoms with E-state index < -0.39 is 0 Å². The van der Waals surface area contributed by atoms with Crippen LogP contribution in [0.25, 0.3) is 11.6 Å². The molecule has 40 heavy (non-hydrogen) atoms. The average Bonchev–Trinajstić information content (AvgIpc) is 3.63. The molecular weight excluding hydrogens is 508 g/mol. The van der Waals surface area contributed by atoms with Crippen LogP contribution in [0.4, 0.5) is 0 Å². The van der Waals surface area contributed by atoms with Crippen molar-refractivity contribution in [3.63, 3.8) is 0 Å². The molecule has 2 aromatic carbocycles. The maximum Gasteiger partial charge on any atom is 0.234 e. The summed E-state index contributed by atoms with van der Waals surface area (Å²) in [6.45, 7) is 0.801. The van der Waals surface area contributed by atoms with Crippen LogP contribution in [0, 0.1) is 0 Å². The van der Waals surface area contributed by atoms with Gasteiger partial charge < -0.3 is 9.47 Å². The van der Waals surface area contributed by atoms with Crippen molar-refractivity contribution in [1.29, 1.82) is 0 Å². The molecule has 10 heteroatoms. The van der Waals surface area contributed by atoms with Crippen LogP contribution in [-0.2, 0) is 0 Å². The summed E-state index contributed by atoms with van der Waals surface area (Å²) in [6.07, 6.45) is 11.2. The van der Waals surface area contributed by atoms with E-state index in [2.05, 4.69) is 19.9 Å². The largest absolute Gasteiger partial charge is 0.493 e. The second-order valence-electron chi connectivity index (χ2n) is 8.92. The highest BCUT2D eigenvalue weighted by Gasteiger charge is 2.20. The van der Waals surface area contributed by atoms with Gasteiger partial charge in [-0.3, -0.25) is 18.4 Å². The van der Waals surface area contributed by atoms with E-state index in [9.17, 15) is 9.59 Å². The first-order valence-corrected chi connectivity index (χ1v) is 12.8. The molecule has 0 N–H and O–H groups in total. The number of imidazole rings is 2. The highest BCUT2D eigenvalue weighted by molar-refractivity contribution is 6.10. The highest BCUT2D eigenvalue weighted by Crippen LogP contribution is 2.24. The van der Waals surface area contributed by atoms with Gasteiger partial charge in [-0.1, -0.05) is 24.3 Å². The number of hydrogen-bond donors (Lipinski definition) is 0. The minimum absolute atomic E-state index is 0.192. The molecule has 198 valence electrons. The number of nitrogens with zero attached hydrogens (tertiary/aromatic N) is 6. The molecule has 4 heterocycles. The Hall–Kier alpha value is -5.38. The van der Waals surface area contributed by atoms with Gasteiger partial charge in [0.15, 0.2) is 0 Å². The van der Waals surface area contributed by atoms with Crippen LogP contribution < -0.4 is 9.47 Å². The molecule has 6 aromatic rings. The Balaban J connectivity index is 1.05. The lowest BCUT2D eigenvalue weighted by Gasteiger charge is -2.12. The Labute approximate surface area is 228 Å². The van der Waals surface area contributed by atoms with Crippen molar-refractivity contribution in [2.45, 2.75) is 12.8 Å². The van der Waals surface area contributed by atoms with Crippen LogP contribution in [0.3, 0.4) is 0 Å². The van der Waals surface area contributed by atoms with Gasteiger partial charge >= 0.3 is 0 Å². The number of para-hydroxylation sites is 2. The average molecular weight is 533 g/mol. The third-order valence-electron chi connectivity index (χ3n) is 6.36. The van der Waals surface area contributed by atoms with Gasteiger partial charge in [-0.15, -0.1) is 0 Å². The van der Waals surface area contributed by atoms with E-state index >= 15 is 0 Å². The molecule has 4 aromatic heterocycles. The van der Waals surface area contributed by atoms with Gasteiger partial charge in [0, 0.05) is 24.8 Å². The standard InChI is InChI=1S/C30H24N6O4/c37-27(23-19-33-29-31-13-7-15-35(23)29)21-9-1-3-11-25(21)39-17-5-6-18-40-26-12-4-2-10-22(26)28(38)24-20-34-30-32-14-8-16-36(24)30/h1-4,7-16,19-20H,5-6,17-18H2. The molecule has 0 atom stereocenters. The summed E-state index contributed by atoms with van der Waals surface area (Å²) in [7, 11) is 0. The summed E-state index contributed by atoms with van der Waals surface area (Å²) < 4.78 is 15.3. The fourth-order valence-corrected chi connectivity index (χ4v) is 4.40. The molecule has 0 amide bonds. The Bertz CT molecular complexity index is 1690. The van der Waals surface area contributed by atoms with Gasteiger partial charge in [-0.05, 0) is 49.2 Å². The summed E-state index contributed by atoms with van der Waals surface area (Å²) in [5.41, 5.74) is 1.75. The Morgan fingerprint density at radius 1 is 0.600 bits per heavy atom. The zero-order valence-corrected chi connectivity index (χ0v) is 21.4. The zero-order valence-electron chi connectivity index (χ0n) is 21.4. The number of ketones is 2. The third-order valence-corrected chi connectivity index (χ3v) is 6.36. The highest BCUT2D eigenvalue weighted by atomic mass is 16.5. The quantitative estimate of drug-likeness (QED) is 0.177. The number of carbonyl (C=O) groups excluding carboxylic acids is 2. The van der Waals surface area contributed by atoms with E-state index in [1.165, 1.54) is 12.4 Å². The lowest BCUT2D eigenvalue weighted by atomic mass is 10.1. The van der Waals surface area contributed by atoms with Crippen molar-refractivity contribution in [3.05, 3.63) is 120 Å². The van der Waals surface area contributed by atoms with Crippen molar-refractivity contribution in [1.82, 2.24) is 28.7 Å². The number of rotatable bonds is 11. The van der Waals surface area contributed by atoms with E-state index in [1.807, 2.05) is 12.1 Å². The Morgan fingerprint density at radius 3 is 1.52 bits per heavy atom. The van der Waals surface area contributed by atoms with E-state index in [4.69, 9.17) is 9.47 Å². The smallest absolute Gasteiger partial charge is 0.234 e. The first kappa shape index (κ1) is 24.9. The van der Waals surface area contributed by atoms with Crippen molar-refractivity contribution in [3.8, 4) is 11.5 Å². The number of ether oxygens (including phenoxy) is 2. The summed E-state index contributed by atoms with van der Waals surface area (Å²) in [4.78, 5) is 43.3. The molecule has 0 saturated carbocycles. The molecule has 0 unspecified atom stereocenters. The molecule has 0 aliphatic heterocycles. The van der Waals surface area contributed by atoms with Gasteiger partial charge in [0.05, 0.1) is 36.7 Å². The van der Waals surface area contributed by atoms with Crippen LogP contribution in [0.5, 0.6) is 11.5 Å². The molecule has 0 spiro atoms. The maximum atomic E-state index is 13.3. The molecule has 0 saturated heterocycles. The van der Waals surface area contributed by atoms with Crippen LogP contribution in [0.1, 0.15) is 44.9 Å². The van der Waals surface area contributed by atoms with E-state index in [0.717, 1.165) is 0 Å². The normalized spacial score (nSPS) is 11.1. The zero-order chi connectivity index (χ0) is 27.3. The minimum atomic E-state index is -0.192. The van der Waals surface area contributed by atoms with Gasteiger partial charge in [-0.2, -0.15) is 0 Å². The van der Waals surface area contributed by atoms with E-state index in [0.29, 0.717) is 71.6 Å². The molecule has 0 radical (unpaired) electrons. The van der Waals surface area contributed by atoms with E-state index in [1.54, 1.807) is 82.1 Å². The van der Waals surface area contributed by atoms with Crippen LogP contribution in [0.2, 0.25) is 0 Å². The molecule has 0 fully saturated rings. The number of aromatic nitrogens is 6. The van der Waals surface area contributed by atoms with Crippen molar-refractivity contribution < 1.29 is 19.1 Å². The predicted octanol–water partition coefficient (Wildman–Crippen LogP) is 4.47. The van der Waals surface area contributed by atoms with Gasteiger partial charge in [0.1, 0.15) is 22.9 Å². The predicted molar refractivity (Wildman–Crippen MR) is 146 cm³/mol. The first-order chi connectivity index (χ1) is 19.7. The molecule has 10 nitrogen and oxygen atoms in total. The summed E-state index contributed by atoms with van der Waals surface area (Å²) in [6, 6.07) is 17.8. The number of carbonyl (C=O) groups is 2. The van der Waals surface area contributed by atoms with Crippen LogP contribution in [-0.4, -0.2) is 53.5 Å². The molecule has 0 aliphatic rings. The van der Waals surface area contributed by atoms with Crippen LogP contribution in [0.15, 0.2) is 97.8 Å². The SMILES string of the molecule is O=C(c1ccccc1OCCCCOc1ccccc1C(=O)c1cnc2ncccn12)c1cnc2ncccn12. The molecular formula is C30H24N6O4. The Morgan fingerprint density at radius 2 is 1.05 bits per heavy atom. The van der Waals surface area contributed by atoms with Gasteiger partial charge in [0.25, 0.3) is 0 Å². The van der Waals surface area contributed by atoms with Gasteiger partial charge in [0.2, 0.25) is 23.1 Å². The lowest BCUT2D eigenvalue weighted by molar-refractivity contribution is 0.102. The second kappa shape index (κ2) is 11.2. The fourth-order valence-electron chi connectivity index (χ4n) is 4.40. The first-order valence-electron chi connectivity index (χ1n) is 12.8. The molecule has 6 rings (SSSR count). The number of benzene rings is 2. The van der Waals surface area contributed by atoms with Crippen molar-refractivity contribution in [2.75, 3.05) is 13.2 Å². The third kappa shape index (κ3) is 4.90. The summed E-state index contributed by atoms with van der Waals surface area (Å²) in [5.74, 6) is 1.55. The summed E-state index contributed by atoms with van der Waals surface area (Å²) >= 11 is 0.